The summed E-state index contributed by atoms with van der Waals surface area (Å²) in [5, 5.41) is 0. The number of aryl methyl sites for hydroxylation is 2. The van der Waals surface area contributed by atoms with Crippen LogP contribution in [0.1, 0.15) is 17.5 Å². The molecule has 5 nitrogen and oxygen atoms in total. The number of carbonyl (C=O) groups excluding carboxylic acids is 2. The predicted molar refractivity (Wildman–Crippen MR) is 97.0 cm³/mol. The molecule has 0 atom stereocenters. The van der Waals surface area contributed by atoms with Crippen molar-refractivity contribution in [2.45, 2.75) is 19.3 Å². The van der Waals surface area contributed by atoms with Crippen LogP contribution in [0.4, 0.5) is 4.39 Å². The van der Waals surface area contributed by atoms with Crippen LogP contribution in [0.3, 0.4) is 0 Å². The fourth-order valence-electron chi connectivity index (χ4n) is 3.26. The summed E-state index contributed by atoms with van der Waals surface area (Å²) in [6.45, 7) is 2.25. The number of nitrogens with zero attached hydrogens (tertiary/aromatic N) is 3. The molecular formula is C20H24FN3O2. The number of aromatic nitrogens is 1. The number of hydrogen-bond acceptors (Lipinski definition) is 2. The molecule has 138 valence electrons. The second kappa shape index (κ2) is 8.17. The number of amides is 2. The van der Waals surface area contributed by atoms with E-state index in [0.29, 0.717) is 45.4 Å². The highest BCUT2D eigenvalue weighted by Gasteiger charge is 2.24. The molecule has 0 saturated carbocycles. The Labute approximate surface area is 153 Å². The summed E-state index contributed by atoms with van der Waals surface area (Å²) in [6.07, 6.45) is 5.17. The van der Waals surface area contributed by atoms with Crippen LogP contribution >= 0.6 is 0 Å². The lowest BCUT2D eigenvalue weighted by molar-refractivity contribution is -0.139. The highest BCUT2D eigenvalue weighted by Crippen LogP contribution is 2.11. The molecule has 0 aliphatic carbocycles. The van der Waals surface area contributed by atoms with Gasteiger partial charge in [-0.3, -0.25) is 9.59 Å². The summed E-state index contributed by atoms with van der Waals surface area (Å²) in [5.41, 5.74) is 1.83. The molecule has 1 aromatic carbocycles. The van der Waals surface area contributed by atoms with E-state index in [-0.39, 0.29) is 17.6 Å². The Hall–Kier alpha value is -2.63. The van der Waals surface area contributed by atoms with Gasteiger partial charge in [-0.1, -0.05) is 12.1 Å². The first-order valence-corrected chi connectivity index (χ1v) is 8.92. The molecular weight excluding hydrogens is 333 g/mol. The van der Waals surface area contributed by atoms with E-state index in [9.17, 15) is 14.0 Å². The molecule has 0 bridgehead atoms. The summed E-state index contributed by atoms with van der Waals surface area (Å²) < 4.78 is 15.1. The first-order valence-electron chi connectivity index (χ1n) is 8.92. The van der Waals surface area contributed by atoms with Crippen molar-refractivity contribution in [3.05, 3.63) is 59.7 Å². The third-order valence-electron chi connectivity index (χ3n) is 4.75. The Morgan fingerprint density at radius 3 is 2.31 bits per heavy atom. The molecule has 1 aliphatic rings. The highest BCUT2D eigenvalue weighted by atomic mass is 19.1. The lowest BCUT2D eigenvalue weighted by Gasteiger charge is -2.35. The quantitative estimate of drug-likeness (QED) is 0.822. The van der Waals surface area contributed by atoms with Crippen molar-refractivity contribution in [2.75, 3.05) is 26.2 Å². The van der Waals surface area contributed by atoms with Gasteiger partial charge in [0.1, 0.15) is 5.82 Å². The Morgan fingerprint density at radius 2 is 1.69 bits per heavy atom. The molecule has 1 aromatic heterocycles. The molecule has 0 radical (unpaired) electrons. The number of rotatable bonds is 5. The van der Waals surface area contributed by atoms with Gasteiger partial charge in [-0.05, 0) is 35.7 Å². The fourth-order valence-corrected chi connectivity index (χ4v) is 3.26. The normalized spacial score (nSPS) is 14.5. The van der Waals surface area contributed by atoms with Crippen LogP contribution in [0.15, 0.2) is 42.7 Å². The molecule has 0 unspecified atom stereocenters. The van der Waals surface area contributed by atoms with Crippen LogP contribution in [0, 0.1) is 5.82 Å². The highest BCUT2D eigenvalue weighted by molar-refractivity contribution is 5.80. The Kier molecular flexibility index (Phi) is 5.71. The van der Waals surface area contributed by atoms with Crippen molar-refractivity contribution in [1.82, 2.24) is 14.4 Å². The van der Waals surface area contributed by atoms with Gasteiger partial charge < -0.3 is 14.4 Å². The summed E-state index contributed by atoms with van der Waals surface area (Å²) in [4.78, 5) is 28.3. The van der Waals surface area contributed by atoms with Crippen LogP contribution in [0.2, 0.25) is 0 Å². The van der Waals surface area contributed by atoms with Crippen LogP contribution in [0.25, 0.3) is 0 Å². The standard InChI is InChI=1S/C20H24FN3O2/c1-22-8-7-17(15-22)14-20(26)24-11-9-23(10-12-24)19(25)6-5-16-3-2-4-18(21)13-16/h2-4,7-8,13,15H,5-6,9-12,14H2,1H3. The van der Waals surface area contributed by atoms with Crippen LogP contribution in [-0.2, 0) is 29.5 Å². The zero-order chi connectivity index (χ0) is 18.5. The molecule has 1 saturated heterocycles. The molecule has 0 N–H and O–H groups in total. The van der Waals surface area contributed by atoms with E-state index in [0.717, 1.165) is 11.1 Å². The summed E-state index contributed by atoms with van der Waals surface area (Å²) in [7, 11) is 1.93. The largest absolute Gasteiger partial charge is 0.357 e. The maximum Gasteiger partial charge on any atom is 0.227 e. The van der Waals surface area contributed by atoms with Gasteiger partial charge in [0.05, 0.1) is 6.42 Å². The maximum atomic E-state index is 13.2. The molecule has 2 amide bonds. The molecule has 2 heterocycles. The summed E-state index contributed by atoms with van der Waals surface area (Å²) in [6, 6.07) is 8.30. The van der Waals surface area contributed by atoms with E-state index >= 15 is 0 Å². The van der Waals surface area contributed by atoms with Gasteiger partial charge in [0, 0.05) is 52.0 Å². The molecule has 6 heteroatoms. The van der Waals surface area contributed by atoms with Crippen molar-refractivity contribution in [2.24, 2.45) is 7.05 Å². The van der Waals surface area contributed by atoms with E-state index in [1.54, 1.807) is 11.0 Å². The third-order valence-corrected chi connectivity index (χ3v) is 4.75. The van der Waals surface area contributed by atoms with E-state index in [2.05, 4.69) is 0 Å². The van der Waals surface area contributed by atoms with Gasteiger partial charge >= 0.3 is 0 Å². The number of piperazine rings is 1. The average molecular weight is 357 g/mol. The Morgan fingerprint density at radius 1 is 1.00 bits per heavy atom. The van der Waals surface area contributed by atoms with Gasteiger partial charge in [0.2, 0.25) is 11.8 Å². The molecule has 2 aromatic rings. The van der Waals surface area contributed by atoms with E-state index < -0.39 is 0 Å². The SMILES string of the molecule is Cn1ccc(CC(=O)N2CCN(C(=O)CCc3cccc(F)c3)CC2)c1. The second-order valence-electron chi connectivity index (χ2n) is 6.75. The van der Waals surface area contributed by atoms with Gasteiger partial charge in [-0.25, -0.2) is 4.39 Å². The molecule has 1 aliphatic heterocycles. The lowest BCUT2D eigenvalue weighted by Crippen LogP contribution is -2.51. The van der Waals surface area contributed by atoms with Gasteiger partial charge in [-0.2, -0.15) is 0 Å². The van der Waals surface area contributed by atoms with E-state index in [4.69, 9.17) is 0 Å². The number of hydrogen-bond donors (Lipinski definition) is 0. The minimum atomic E-state index is -0.277. The van der Waals surface area contributed by atoms with Crippen LogP contribution in [0.5, 0.6) is 0 Å². The minimum absolute atomic E-state index is 0.0596. The van der Waals surface area contributed by atoms with Crippen molar-refractivity contribution in [3.8, 4) is 0 Å². The maximum absolute atomic E-state index is 13.2. The van der Waals surface area contributed by atoms with E-state index in [1.165, 1.54) is 12.1 Å². The minimum Gasteiger partial charge on any atom is -0.357 e. The zero-order valence-electron chi connectivity index (χ0n) is 15.0. The van der Waals surface area contributed by atoms with Crippen molar-refractivity contribution < 1.29 is 14.0 Å². The molecule has 0 spiro atoms. The van der Waals surface area contributed by atoms with Gasteiger partial charge in [-0.15, -0.1) is 0 Å². The second-order valence-corrected chi connectivity index (χ2v) is 6.75. The Balaban J connectivity index is 1.44. The smallest absolute Gasteiger partial charge is 0.227 e. The van der Waals surface area contributed by atoms with Crippen LogP contribution in [-0.4, -0.2) is 52.4 Å². The molecule has 3 rings (SSSR count). The van der Waals surface area contributed by atoms with Gasteiger partial charge in [0.15, 0.2) is 0 Å². The van der Waals surface area contributed by atoms with Crippen molar-refractivity contribution in [3.63, 3.8) is 0 Å². The molecule has 1 fully saturated rings. The van der Waals surface area contributed by atoms with Crippen molar-refractivity contribution >= 4 is 11.8 Å². The first kappa shape index (κ1) is 18.2. The zero-order valence-corrected chi connectivity index (χ0v) is 15.0. The van der Waals surface area contributed by atoms with Crippen molar-refractivity contribution in [1.29, 1.82) is 0 Å². The number of benzene rings is 1. The van der Waals surface area contributed by atoms with E-state index in [1.807, 2.05) is 41.0 Å². The summed E-state index contributed by atoms with van der Waals surface area (Å²) >= 11 is 0. The average Bonchev–Trinajstić information content (AvgIpc) is 3.04. The Bertz CT molecular complexity index is 779. The first-order chi connectivity index (χ1) is 12.5. The third kappa shape index (κ3) is 4.71. The topological polar surface area (TPSA) is 45.6 Å². The predicted octanol–water partition coefficient (Wildman–Crippen LogP) is 2.01. The molecule has 26 heavy (non-hydrogen) atoms. The number of halogens is 1. The lowest BCUT2D eigenvalue weighted by atomic mass is 10.1. The monoisotopic (exact) mass is 357 g/mol. The van der Waals surface area contributed by atoms with Crippen LogP contribution < -0.4 is 0 Å². The summed E-state index contributed by atoms with van der Waals surface area (Å²) in [5.74, 6) is -0.118. The fraction of sp³-hybridized carbons (Fsp3) is 0.400. The van der Waals surface area contributed by atoms with Gasteiger partial charge in [0.25, 0.3) is 0 Å². The number of carbonyl (C=O) groups is 2.